The van der Waals surface area contributed by atoms with Gasteiger partial charge in [-0.1, -0.05) is 13.8 Å². The third-order valence-electron chi connectivity index (χ3n) is 4.14. The number of sulfonamides is 1. The lowest BCUT2D eigenvalue weighted by atomic mass is 9.83. The minimum atomic E-state index is -3.04. The van der Waals surface area contributed by atoms with E-state index >= 15 is 0 Å². The van der Waals surface area contributed by atoms with E-state index in [2.05, 4.69) is 19.2 Å². The summed E-state index contributed by atoms with van der Waals surface area (Å²) < 4.78 is 26.6. The van der Waals surface area contributed by atoms with E-state index in [1.54, 1.807) is 4.31 Å². The van der Waals surface area contributed by atoms with Crippen LogP contribution in [-0.4, -0.2) is 44.2 Å². The van der Waals surface area contributed by atoms with Gasteiger partial charge < -0.3 is 5.32 Å². The van der Waals surface area contributed by atoms with Gasteiger partial charge in [-0.3, -0.25) is 0 Å². The molecule has 2 aliphatic rings. The molecule has 2 fully saturated rings. The van der Waals surface area contributed by atoms with Crippen molar-refractivity contribution in [3.05, 3.63) is 0 Å². The van der Waals surface area contributed by atoms with Crippen molar-refractivity contribution in [1.82, 2.24) is 9.62 Å². The van der Waals surface area contributed by atoms with Crippen molar-refractivity contribution in [2.24, 2.45) is 5.41 Å². The summed E-state index contributed by atoms with van der Waals surface area (Å²) in [5, 5.41) is 3.07. The summed E-state index contributed by atoms with van der Waals surface area (Å²) in [5.74, 6) is 0. The van der Waals surface area contributed by atoms with Gasteiger partial charge >= 0.3 is 0 Å². The quantitative estimate of drug-likeness (QED) is 0.811. The fraction of sp³-hybridized carbons (Fsp3) is 1.00. The van der Waals surface area contributed by atoms with Crippen LogP contribution in [-0.2, 0) is 10.0 Å². The molecule has 0 aromatic rings. The van der Waals surface area contributed by atoms with Gasteiger partial charge in [0.2, 0.25) is 10.0 Å². The third kappa shape index (κ3) is 3.01. The van der Waals surface area contributed by atoms with E-state index in [1.165, 1.54) is 0 Å². The van der Waals surface area contributed by atoms with Gasteiger partial charge in [0, 0.05) is 13.1 Å². The first-order chi connectivity index (χ1) is 7.92. The highest BCUT2D eigenvalue weighted by Gasteiger charge is 2.36. The number of rotatable bonds is 2. The zero-order valence-electron chi connectivity index (χ0n) is 10.9. The zero-order chi connectivity index (χ0) is 12.5. The summed E-state index contributed by atoms with van der Waals surface area (Å²) in [5.41, 5.74) is 0.306. The number of hydrogen-bond donors (Lipinski definition) is 1. The second-order valence-corrected chi connectivity index (χ2v) is 8.27. The maximum Gasteiger partial charge on any atom is 0.217 e. The zero-order valence-corrected chi connectivity index (χ0v) is 11.7. The van der Waals surface area contributed by atoms with E-state index in [9.17, 15) is 8.42 Å². The van der Waals surface area contributed by atoms with Crippen molar-refractivity contribution in [2.45, 2.75) is 44.8 Å². The molecule has 100 valence electrons. The fourth-order valence-corrected chi connectivity index (χ4v) is 4.59. The summed E-state index contributed by atoms with van der Waals surface area (Å²) in [4.78, 5) is 0. The molecule has 2 aliphatic heterocycles. The number of piperidine rings is 2. The molecule has 2 saturated heterocycles. The van der Waals surface area contributed by atoms with Crippen LogP contribution in [0.1, 0.15) is 39.5 Å². The standard InChI is InChI=1S/C12H24N2O2S/c1-12(2)5-9-14(10-6-12)17(15,16)11-3-7-13-8-4-11/h11,13H,3-10H2,1-2H3. The molecule has 0 atom stereocenters. The second kappa shape index (κ2) is 4.86. The Hall–Kier alpha value is -0.130. The highest BCUT2D eigenvalue weighted by Crippen LogP contribution is 2.32. The van der Waals surface area contributed by atoms with Crippen LogP contribution in [0.5, 0.6) is 0 Å². The van der Waals surface area contributed by atoms with Gasteiger partial charge in [-0.2, -0.15) is 0 Å². The van der Waals surface area contributed by atoms with Crippen LogP contribution in [0.4, 0.5) is 0 Å². The van der Waals surface area contributed by atoms with Gasteiger partial charge in [-0.05, 0) is 44.2 Å². The predicted octanol–water partition coefficient (Wildman–Crippen LogP) is 1.19. The molecule has 5 heteroatoms. The number of nitrogens with zero attached hydrogens (tertiary/aromatic N) is 1. The molecule has 1 N–H and O–H groups in total. The molecule has 0 aromatic carbocycles. The molecule has 0 amide bonds. The molecule has 0 aromatic heterocycles. The highest BCUT2D eigenvalue weighted by molar-refractivity contribution is 7.89. The number of hydrogen-bond acceptors (Lipinski definition) is 3. The highest BCUT2D eigenvalue weighted by atomic mass is 32.2. The molecule has 2 heterocycles. The minimum absolute atomic E-state index is 0.148. The Morgan fingerprint density at radius 3 is 2.18 bits per heavy atom. The topological polar surface area (TPSA) is 49.4 Å². The Morgan fingerprint density at radius 2 is 1.65 bits per heavy atom. The van der Waals surface area contributed by atoms with Crippen LogP contribution in [0, 0.1) is 5.41 Å². The fourth-order valence-electron chi connectivity index (χ4n) is 2.65. The molecule has 4 nitrogen and oxygen atoms in total. The predicted molar refractivity (Wildman–Crippen MR) is 69.4 cm³/mol. The summed E-state index contributed by atoms with van der Waals surface area (Å²) in [6, 6.07) is 0. The lowest BCUT2D eigenvalue weighted by molar-refractivity contribution is 0.194. The molecule has 0 radical (unpaired) electrons. The molecule has 0 saturated carbocycles. The van der Waals surface area contributed by atoms with Crippen LogP contribution < -0.4 is 5.32 Å². The third-order valence-corrected chi connectivity index (χ3v) is 6.54. The van der Waals surface area contributed by atoms with Crippen LogP contribution in [0.3, 0.4) is 0 Å². The lowest BCUT2D eigenvalue weighted by Crippen LogP contribution is -2.47. The first kappa shape index (κ1) is 13.3. The molecule has 0 unspecified atom stereocenters. The Morgan fingerprint density at radius 1 is 1.12 bits per heavy atom. The van der Waals surface area contributed by atoms with Crippen molar-refractivity contribution in [2.75, 3.05) is 26.2 Å². The maximum atomic E-state index is 12.4. The Kier molecular flexibility index (Phi) is 3.80. The summed E-state index contributed by atoms with van der Waals surface area (Å²) >= 11 is 0. The van der Waals surface area contributed by atoms with Gasteiger partial charge in [0.25, 0.3) is 0 Å². The average molecular weight is 260 g/mol. The molecule has 0 aliphatic carbocycles. The van der Waals surface area contributed by atoms with E-state index in [-0.39, 0.29) is 5.25 Å². The summed E-state index contributed by atoms with van der Waals surface area (Å²) in [6.45, 7) is 7.54. The SMILES string of the molecule is CC1(C)CCN(S(=O)(=O)C2CCNCC2)CC1. The van der Waals surface area contributed by atoms with Crippen LogP contribution in [0.15, 0.2) is 0 Å². The van der Waals surface area contributed by atoms with E-state index in [1.807, 2.05) is 0 Å². The lowest BCUT2D eigenvalue weighted by Gasteiger charge is -2.38. The van der Waals surface area contributed by atoms with E-state index in [0.717, 1.165) is 38.8 Å². The van der Waals surface area contributed by atoms with Crippen molar-refractivity contribution in [3.8, 4) is 0 Å². The molecule has 2 rings (SSSR count). The largest absolute Gasteiger partial charge is 0.317 e. The molecule has 0 bridgehead atoms. The van der Waals surface area contributed by atoms with Gasteiger partial charge in [-0.15, -0.1) is 0 Å². The van der Waals surface area contributed by atoms with Crippen molar-refractivity contribution < 1.29 is 8.42 Å². The Labute approximate surface area is 105 Å². The van der Waals surface area contributed by atoms with Crippen LogP contribution in [0.2, 0.25) is 0 Å². The maximum absolute atomic E-state index is 12.4. The van der Waals surface area contributed by atoms with Crippen LogP contribution in [0.25, 0.3) is 0 Å². The van der Waals surface area contributed by atoms with Crippen molar-refractivity contribution in [3.63, 3.8) is 0 Å². The summed E-state index contributed by atoms with van der Waals surface area (Å²) in [6.07, 6.45) is 3.50. The monoisotopic (exact) mass is 260 g/mol. The molecule has 0 spiro atoms. The minimum Gasteiger partial charge on any atom is -0.317 e. The molecular formula is C12H24N2O2S. The summed E-state index contributed by atoms with van der Waals surface area (Å²) in [7, 11) is -3.04. The van der Waals surface area contributed by atoms with Gasteiger partial charge in [0.05, 0.1) is 5.25 Å². The average Bonchev–Trinajstić information content (AvgIpc) is 2.29. The van der Waals surface area contributed by atoms with E-state index < -0.39 is 10.0 Å². The Bertz CT molecular complexity index is 349. The molecule has 17 heavy (non-hydrogen) atoms. The first-order valence-corrected chi connectivity index (χ1v) is 8.12. The van der Waals surface area contributed by atoms with Gasteiger partial charge in [-0.25, -0.2) is 12.7 Å². The van der Waals surface area contributed by atoms with Crippen molar-refractivity contribution in [1.29, 1.82) is 0 Å². The van der Waals surface area contributed by atoms with Gasteiger partial charge in [0.15, 0.2) is 0 Å². The van der Waals surface area contributed by atoms with Crippen LogP contribution >= 0.6 is 0 Å². The van der Waals surface area contributed by atoms with E-state index in [4.69, 9.17) is 0 Å². The van der Waals surface area contributed by atoms with Crippen molar-refractivity contribution >= 4 is 10.0 Å². The second-order valence-electron chi connectivity index (χ2n) is 6.06. The number of nitrogens with one attached hydrogen (secondary N) is 1. The Balaban J connectivity index is 2.01. The van der Waals surface area contributed by atoms with E-state index in [0.29, 0.717) is 18.5 Å². The normalized spacial score (nSPS) is 28.1. The first-order valence-electron chi connectivity index (χ1n) is 6.61. The molecular weight excluding hydrogens is 236 g/mol. The van der Waals surface area contributed by atoms with Gasteiger partial charge in [0.1, 0.15) is 0 Å². The smallest absolute Gasteiger partial charge is 0.217 e.